The van der Waals surface area contributed by atoms with Crippen LogP contribution in [0, 0.1) is 11.8 Å². The van der Waals surface area contributed by atoms with Gasteiger partial charge in [-0.2, -0.15) is 17.2 Å². The Morgan fingerprint density at radius 3 is 1.71 bits per heavy atom. The molecular formula is C63H97N13O43P6S4. The fraction of sp³-hybridized carbons (Fsp3) is 0.635. The van der Waals surface area contributed by atoms with Crippen LogP contribution in [0.3, 0.4) is 0 Å². The fourth-order valence-corrected chi connectivity index (χ4v) is 22.5. The molecule has 66 heteroatoms. The van der Waals surface area contributed by atoms with Crippen LogP contribution < -0.4 is 37.9 Å². The lowest BCUT2D eigenvalue weighted by Crippen LogP contribution is -2.47. The van der Waals surface area contributed by atoms with Crippen molar-refractivity contribution in [2.75, 3.05) is 53.8 Å². The number of unbranched alkanes of at least 4 members (excludes halogenated alkanes) is 2. The monoisotopic (exact) mass is 2040 g/mol. The fourth-order valence-electron chi connectivity index (χ4n) is 11.8. The Hall–Kier alpha value is -7.33. The first-order chi connectivity index (χ1) is 60.0. The van der Waals surface area contributed by atoms with Crippen molar-refractivity contribution in [1.29, 1.82) is 0 Å². The van der Waals surface area contributed by atoms with E-state index in [0.717, 1.165) is 24.0 Å². The van der Waals surface area contributed by atoms with Crippen molar-refractivity contribution in [1.82, 2.24) is 55.3 Å². The molecule has 6 rings (SSSR count). The molecule has 129 heavy (non-hydrogen) atoms. The van der Waals surface area contributed by atoms with E-state index in [0.29, 0.717) is 62.3 Å². The standard InChI is InChI=1S/C32H52N7O19P3S2.C31H45N6O24P3S2/c1-4-21(31(44)45)13-22(41)9-6-5-7-11-33-30(43)23(37-20(3)40)10-8-12-62-63-16-19(2)55-32(46)38-28-27-29(35-17-34-28)39(18-36-27)26-14-24(42)25(56-26)15-54-60(50,51)58-61(52,53)57-59(47,48)49;1-13(12-66-65-5-3-4-17(33-14(2)38)19(39)6-15(7-23(41)42)27(45)34-18(29(47)48)8-24(43)44)58-31(49)37-10-16(25-26(37)28(46)36-30(32)35-25)21-9-20(40)22(59-21)11-57-63(53,54)61-64(55,56)60-62(50,51)52/h17-19,21,23-26,42H,4-16H2,1-3H3,(H,33,43)(H,37,40)(H,44,45)(H,50,51)(H,52,53)(H2,47,48,49)(H,34,35,38,46);10,13,15,17-18,20-22,40H,3-9,11-12H2,1-2H3,(H,33,38)(H,34,45)(H,41,42)(H,43,44)(H,47,48)(H,53,54)(H,55,56)(H2,50,51,52)(H3,32,35,36,46). The molecule has 2 aliphatic rings. The highest BCUT2D eigenvalue weighted by atomic mass is 33.1. The third-order valence-electron chi connectivity index (χ3n) is 17.5. The van der Waals surface area contributed by atoms with Crippen molar-refractivity contribution in [2.24, 2.45) is 11.8 Å². The van der Waals surface area contributed by atoms with Gasteiger partial charge in [0, 0.05) is 87.3 Å². The number of aliphatic hydroxyl groups excluding tert-OH is 2. The number of phosphoric ester groups is 2. The van der Waals surface area contributed by atoms with Crippen LogP contribution in [-0.2, 0) is 121 Å². The minimum atomic E-state index is -5.84. The number of amides is 5. The summed E-state index contributed by atoms with van der Waals surface area (Å²) in [5.41, 5.74) is 4.59. The number of imidazole rings is 1. The van der Waals surface area contributed by atoms with Gasteiger partial charge in [0.2, 0.25) is 29.6 Å². The number of nitrogens with zero attached hydrogens (tertiary/aromatic N) is 6. The van der Waals surface area contributed by atoms with Crippen molar-refractivity contribution >= 4 is 195 Å². The quantitative estimate of drug-likeness (QED) is 0.0171. The average Bonchev–Trinajstić information content (AvgIpc) is 1.61. The molecule has 0 aromatic carbocycles. The number of carbonyl (C=O) groups excluding carboxylic acids is 8. The van der Waals surface area contributed by atoms with Crippen LogP contribution >= 0.6 is 90.1 Å². The Balaban J connectivity index is 0.000000458. The van der Waals surface area contributed by atoms with Gasteiger partial charge >= 0.3 is 83.0 Å². The van der Waals surface area contributed by atoms with Crippen LogP contribution in [0.4, 0.5) is 21.4 Å². The van der Waals surface area contributed by atoms with Crippen LogP contribution in [0.2, 0.25) is 0 Å². The number of Topliss-reactive ketones (excluding diaryl/α,β-unsaturated/α-hetero) is 2. The van der Waals surface area contributed by atoms with Gasteiger partial charge in [-0.05, 0) is 58.8 Å². The van der Waals surface area contributed by atoms with Crippen molar-refractivity contribution in [2.45, 2.75) is 198 Å². The molecule has 56 nitrogen and oxygen atoms in total. The SMILES string of the molecule is CC(=O)NC(CCCSSCC(C)OC(=O)n1cc(C2CC(O)C(COP(=O)(O)OP(=O)(O)OP(=O)(O)O)O2)c2nc(N)[nH]c(=O)c21)C(=O)CC(CC(=O)O)C(=O)NC(CC(=O)O)C(=O)O.CCC(CC(=O)CCCCCNC(=O)C(CCCSSCC(C)OC(=O)Nc1ncnc2c1ncn2C1CC(O)C(COP(=O)(O)OP(=O)(O)OP(=O)(O)O)O1)NC(C)=O)C(=O)O. The predicted octanol–water partition coefficient (Wildman–Crippen LogP) is 3.14. The normalized spacial score (nSPS) is 19.9. The zero-order valence-corrected chi connectivity index (χ0v) is 77.1. The Morgan fingerprint density at radius 2 is 1.16 bits per heavy atom. The van der Waals surface area contributed by atoms with Gasteiger partial charge in [-0.15, -0.1) is 0 Å². The summed E-state index contributed by atoms with van der Waals surface area (Å²) in [5.74, 6) is -10.2. The summed E-state index contributed by atoms with van der Waals surface area (Å²) in [5, 5.41) is 70.1. The number of aliphatic carboxylic acids is 4. The largest absolute Gasteiger partial charge is 0.490 e. The van der Waals surface area contributed by atoms with Crippen LogP contribution in [0.1, 0.15) is 149 Å². The number of H-pyrrole nitrogens is 1. The number of aromatic amines is 1. The van der Waals surface area contributed by atoms with E-state index >= 15 is 0 Å². The number of carboxylic acid groups (broad SMARTS) is 4. The van der Waals surface area contributed by atoms with E-state index in [1.54, 1.807) is 13.8 Å². The van der Waals surface area contributed by atoms with Gasteiger partial charge in [-0.3, -0.25) is 71.9 Å². The smallest absolute Gasteiger partial charge is 0.481 e. The van der Waals surface area contributed by atoms with Gasteiger partial charge in [0.25, 0.3) is 5.56 Å². The van der Waals surface area contributed by atoms with E-state index in [2.05, 4.69) is 72.5 Å². The molecule has 6 heterocycles. The molecule has 2 aliphatic heterocycles. The molecule has 726 valence electrons. The number of ether oxygens (including phenoxy) is 4. The molecule has 0 radical (unpaired) electrons. The summed E-state index contributed by atoms with van der Waals surface area (Å²) in [4.78, 5) is 250. The molecule has 0 saturated carbocycles. The van der Waals surface area contributed by atoms with E-state index < -0.39 is 218 Å². The van der Waals surface area contributed by atoms with E-state index in [9.17, 15) is 130 Å². The number of anilines is 2. The van der Waals surface area contributed by atoms with Gasteiger partial charge in [-0.1, -0.05) is 56.5 Å². The first-order valence-electron chi connectivity index (χ1n) is 38.0. The number of nitrogens with one attached hydrogen (secondary N) is 6. The lowest BCUT2D eigenvalue weighted by molar-refractivity contribution is -0.148. The third kappa shape index (κ3) is 40.6. The number of rotatable bonds is 56. The van der Waals surface area contributed by atoms with Crippen LogP contribution in [0.5, 0.6) is 0 Å². The van der Waals surface area contributed by atoms with Crippen LogP contribution in [0.15, 0.2) is 23.6 Å². The summed E-state index contributed by atoms with van der Waals surface area (Å²) >= 11 is 0. The van der Waals surface area contributed by atoms with Gasteiger partial charge in [0.15, 0.2) is 22.8 Å². The molecule has 0 bridgehead atoms. The first-order valence-corrected chi connectivity index (χ1v) is 52.0. The molecule has 2 saturated heterocycles. The molecule has 5 amide bonds. The number of carboxylic acids is 4. The molecule has 2 fully saturated rings. The maximum absolute atomic E-state index is 13.4. The number of aromatic nitrogens is 7. The topological polar surface area (TPSA) is 863 Å². The summed E-state index contributed by atoms with van der Waals surface area (Å²) in [6, 6.07) is -3.81. The number of phosphoric acid groups is 6. The molecule has 17 unspecified atom stereocenters. The van der Waals surface area contributed by atoms with Crippen LogP contribution in [-0.4, -0.2) is 273 Å². The molecule has 4 aromatic heterocycles. The van der Waals surface area contributed by atoms with Gasteiger partial charge in [0.1, 0.15) is 65.9 Å². The second-order valence-electron chi connectivity index (χ2n) is 28.1. The zero-order chi connectivity index (χ0) is 96.9. The summed E-state index contributed by atoms with van der Waals surface area (Å²) in [7, 11) is -28.5. The van der Waals surface area contributed by atoms with Crippen molar-refractivity contribution in [3.05, 3.63) is 34.8 Å². The number of aliphatic hydroxyl groups is 2. The van der Waals surface area contributed by atoms with E-state index in [1.807, 2.05) is 5.32 Å². The maximum atomic E-state index is 13.4. The molecular weight excluding hydrogens is 1940 g/mol. The van der Waals surface area contributed by atoms with E-state index in [-0.39, 0.29) is 101 Å². The number of nitrogens with two attached hydrogens (primary N) is 1. The number of fused-ring (bicyclic) bond motifs is 2. The Bertz CT molecular complexity index is 4990. The minimum Gasteiger partial charge on any atom is -0.481 e. The number of ketones is 2. The molecule has 4 aromatic rings. The molecule has 17 atom stereocenters. The lowest BCUT2D eigenvalue weighted by Gasteiger charge is -2.21. The third-order valence-corrected chi connectivity index (χ3v) is 30.3. The molecule has 0 spiro atoms. The van der Waals surface area contributed by atoms with Crippen molar-refractivity contribution in [3.63, 3.8) is 0 Å². The lowest BCUT2D eigenvalue weighted by atomic mass is 9.92. The van der Waals surface area contributed by atoms with Gasteiger partial charge in [0.05, 0.1) is 68.6 Å². The second-order valence-corrected chi connectivity index (χ2v) is 42.2. The van der Waals surface area contributed by atoms with Crippen LogP contribution in [0.25, 0.3) is 22.2 Å². The Kier molecular flexibility index (Phi) is 45.0. The highest BCUT2D eigenvalue weighted by Crippen LogP contribution is 2.68. The summed E-state index contributed by atoms with van der Waals surface area (Å²) in [6.45, 7) is 5.84. The minimum absolute atomic E-state index is 0.0107. The highest BCUT2D eigenvalue weighted by molar-refractivity contribution is 8.77. The first kappa shape index (κ1) is 112. The molecule has 0 aliphatic carbocycles. The predicted molar refractivity (Wildman–Crippen MR) is 447 cm³/mol. The Labute approximate surface area is 745 Å². The highest BCUT2D eigenvalue weighted by Gasteiger charge is 2.46. The van der Waals surface area contributed by atoms with Gasteiger partial charge in [-0.25, -0.2) is 66.3 Å². The van der Waals surface area contributed by atoms with Crippen molar-refractivity contribution < 1.29 is 200 Å². The number of hydrogen-bond donors (Lipinski definition) is 21. The van der Waals surface area contributed by atoms with Gasteiger partial charge < -0.3 is 116 Å². The number of nitrogen functional groups attached to an aromatic ring is 1. The van der Waals surface area contributed by atoms with E-state index in [1.165, 1.54) is 67.9 Å². The summed E-state index contributed by atoms with van der Waals surface area (Å²) < 4.78 is 117. The summed E-state index contributed by atoms with van der Waals surface area (Å²) in [6.07, 6.45) is -6.80. The second kappa shape index (κ2) is 51.8. The molecule has 22 N–H and O–H groups in total. The van der Waals surface area contributed by atoms with Crippen molar-refractivity contribution in [3.8, 4) is 0 Å². The number of carbonyl (C=O) groups is 12. The number of hydrogen-bond acceptors (Lipinski definition) is 40. The zero-order valence-electron chi connectivity index (χ0n) is 68.5. The maximum Gasteiger partial charge on any atom is 0.490 e. The van der Waals surface area contributed by atoms with E-state index in [4.69, 9.17) is 54.5 Å². The average molecular weight is 2040 g/mol. The Morgan fingerprint density at radius 1 is 0.612 bits per heavy atom.